The predicted octanol–water partition coefficient (Wildman–Crippen LogP) is 3.91. The van der Waals surface area contributed by atoms with Crippen molar-refractivity contribution in [1.82, 2.24) is 15.3 Å². The van der Waals surface area contributed by atoms with Crippen LogP contribution in [0.15, 0.2) is 42.9 Å². The van der Waals surface area contributed by atoms with Gasteiger partial charge in [0.2, 0.25) is 5.88 Å². The van der Waals surface area contributed by atoms with Gasteiger partial charge in [0.15, 0.2) is 0 Å². The molecule has 3 N–H and O–H groups in total. The van der Waals surface area contributed by atoms with Crippen LogP contribution in [0.4, 0.5) is 10.5 Å². The second-order valence-electron chi connectivity index (χ2n) is 8.65. The number of amides is 1. The number of nitrogens with zero attached hydrogens (tertiary/aromatic N) is 2. The summed E-state index contributed by atoms with van der Waals surface area (Å²) >= 11 is 0. The van der Waals surface area contributed by atoms with Gasteiger partial charge in [-0.3, -0.25) is 4.98 Å². The number of carbonyl (C=O) groups is 1. The standard InChI is InChI=1S/C22H30N4O3/c1-14-11-15(16-8-10-24-13-17(16)23)12-18(26-21(27)29-22(2,3)4)20(14)28-19-7-5-6-9-25-19/h5-10,13-15,18,20H,11-12,23H2,1-4H3,(H,26,27)/t14-,15+,18+,20-/m0/s1. The van der Waals surface area contributed by atoms with Crippen LogP contribution in [0, 0.1) is 5.92 Å². The van der Waals surface area contributed by atoms with Crippen LogP contribution in [0.1, 0.15) is 52.0 Å². The molecule has 0 unspecified atom stereocenters. The molecule has 7 nitrogen and oxygen atoms in total. The number of alkyl carbamates (subject to hydrolysis) is 1. The zero-order chi connectivity index (χ0) is 21.0. The Morgan fingerprint density at radius 3 is 2.66 bits per heavy atom. The summed E-state index contributed by atoms with van der Waals surface area (Å²) in [6.45, 7) is 7.66. The number of pyridine rings is 2. The van der Waals surface area contributed by atoms with Crippen molar-refractivity contribution in [3.8, 4) is 5.88 Å². The molecule has 0 radical (unpaired) electrons. The summed E-state index contributed by atoms with van der Waals surface area (Å²) in [6, 6.07) is 7.26. The van der Waals surface area contributed by atoms with E-state index in [2.05, 4.69) is 22.2 Å². The molecule has 1 amide bonds. The molecular formula is C22H30N4O3. The van der Waals surface area contributed by atoms with Crippen molar-refractivity contribution < 1.29 is 14.3 Å². The minimum atomic E-state index is -0.573. The number of aromatic nitrogens is 2. The van der Waals surface area contributed by atoms with E-state index >= 15 is 0 Å². The predicted molar refractivity (Wildman–Crippen MR) is 112 cm³/mol. The highest BCUT2D eigenvalue weighted by Crippen LogP contribution is 2.39. The molecule has 0 aliphatic heterocycles. The van der Waals surface area contributed by atoms with E-state index in [-0.39, 0.29) is 24.0 Å². The summed E-state index contributed by atoms with van der Waals surface area (Å²) in [5.74, 6) is 0.905. The lowest BCUT2D eigenvalue weighted by molar-refractivity contribution is 0.0261. The van der Waals surface area contributed by atoms with Crippen LogP contribution in [-0.2, 0) is 4.74 Å². The summed E-state index contributed by atoms with van der Waals surface area (Å²) in [7, 11) is 0. The smallest absolute Gasteiger partial charge is 0.408 e. The van der Waals surface area contributed by atoms with Gasteiger partial charge < -0.3 is 20.5 Å². The second-order valence-corrected chi connectivity index (χ2v) is 8.65. The normalized spacial score (nSPS) is 24.6. The number of rotatable bonds is 4. The largest absolute Gasteiger partial charge is 0.472 e. The first-order chi connectivity index (χ1) is 13.7. The van der Waals surface area contributed by atoms with Crippen molar-refractivity contribution in [2.24, 2.45) is 5.92 Å². The molecular weight excluding hydrogens is 368 g/mol. The summed E-state index contributed by atoms with van der Waals surface area (Å²) < 4.78 is 11.7. The van der Waals surface area contributed by atoms with E-state index in [1.54, 1.807) is 18.6 Å². The SMILES string of the molecule is C[C@H]1C[C@@H](c2ccncc2N)C[C@@H](NC(=O)OC(C)(C)C)[C@H]1Oc1ccccn1. The number of hydrogen-bond acceptors (Lipinski definition) is 6. The van der Waals surface area contributed by atoms with Gasteiger partial charge in [-0.15, -0.1) is 0 Å². The molecule has 0 bridgehead atoms. The first-order valence-corrected chi connectivity index (χ1v) is 9.99. The van der Waals surface area contributed by atoms with Crippen LogP contribution >= 0.6 is 0 Å². The Labute approximate surface area is 172 Å². The van der Waals surface area contributed by atoms with Crippen molar-refractivity contribution in [2.75, 3.05) is 5.73 Å². The maximum absolute atomic E-state index is 12.5. The fraction of sp³-hybridized carbons (Fsp3) is 0.500. The van der Waals surface area contributed by atoms with E-state index in [1.807, 2.05) is 45.0 Å². The average Bonchev–Trinajstić information content (AvgIpc) is 2.64. The molecule has 1 saturated carbocycles. The zero-order valence-corrected chi connectivity index (χ0v) is 17.5. The molecule has 2 aromatic rings. The number of nitrogen functional groups attached to an aromatic ring is 1. The summed E-state index contributed by atoms with van der Waals surface area (Å²) in [4.78, 5) is 20.9. The number of anilines is 1. The molecule has 29 heavy (non-hydrogen) atoms. The fourth-order valence-corrected chi connectivity index (χ4v) is 3.91. The molecule has 7 heteroatoms. The van der Waals surface area contributed by atoms with E-state index in [1.165, 1.54) is 0 Å². The molecule has 0 saturated heterocycles. The molecule has 1 aliphatic carbocycles. The number of nitrogens with one attached hydrogen (secondary N) is 1. The number of ether oxygens (including phenoxy) is 2. The van der Waals surface area contributed by atoms with Crippen LogP contribution in [-0.4, -0.2) is 33.8 Å². The van der Waals surface area contributed by atoms with Gasteiger partial charge in [0.05, 0.1) is 17.9 Å². The van der Waals surface area contributed by atoms with Crippen molar-refractivity contribution in [3.63, 3.8) is 0 Å². The fourth-order valence-electron chi connectivity index (χ4n) is 3.91. The maximum Gasteiger partial charge on any atom is 0.408 e. The number of hydrogen-bond donors (Lipinski definition) is 2. The lowest BCUT2D eigenvalue weighted by Gasteiger charge is -2.41. The molecule has 2 aromatic heterocycles. The van der Waals surface area contributed by atoms with E-state index in [4.69, 9.17) is 15.2 Å². The van der Waals surface area contributed by atoms with E-state index < -0.39 is 11.7 Å². The lowest BCUT2D eigenvalue weighted by Crippen LogP contribution is -2.53. The van der Waals surface area contributed by atoms with Crippen molar-refractivity contribution in [1.29, 1.82) is 0 Å². The lowest BCUT2D eigenvalue weighted by atomic mass is 9.74. The summed E-state index contributed by atoms with van der Waals surface area (Å²) in [6.07, 6.45) is 6.02. The molecule has 0 aromatic carbocycles. The minimum Gasteiger partial charge on any atom is -0.472 e. The maximum atomic E-state index is 12.5. The third-order valence-electron chi connectivity index (χ3n) is 5.08. The van der Waals surface area contributed by atoms with Crippen molar-refractivity contribution in [3.05, 3.63) is 48.4 Å². The van der Waals surface area contributed by atoms with Crippen LogP contribution in [0.25, 0.3) is 0 Å². The Hall–Kier alpha value is -2.83. The van der Waals surface area contributed by atoms with Gasteiger partial charge >= 0.3 is 6.09 Å². The van der Waals surface area contributed by atoms with Gasteiger partial charge in [0.1, 0.15) is 11.7 Å². The summed E-state index contributed by atoms with van der Waals surface area (Å²) in [5.41, 5.74) is 7.32. The molecule has 3 rings (SSSR count). The Kier molecular flexibility index (Phi) is 6.25. The van der Waals surface area contributed by atoms with E-state index in [0.717, 1.165) is 12.0 Å². The highest BCUT2D eigenvalue weighted by Gasteiger charge is 2.40. The minimum absolute atomic E-state index is 0.170. The van der Waals surface area contributed by atoms with Gasteiger partial charge in [0, 0.05) is 18.5 Å². The Balaban J connectivity index is 1.82. The third kappa shape index (κ3) is 5.59. The number of nitrogens with two attached hydrogens (primary N) is 1. The molecule has 0 spiro atoms. The van der Waals surface area contributed by atoms with Crippen LogP contribution < -0.4 is 15.8 Å². The van der Waals surface area contributed by atoms with Gasteiger partial charge in [-0.05, 0) is 63.1 Å². The molecule has 156 valence electrons. The average molecular weight is 399 g/mol. The Bertz CT molecular complexity index is 822. The van der Waals surface area contributed by atoms with E-state index in [0.29, 0.717) is 18.0 Å². The molecule has 1 fully saturated rings. The zero-order valence-electron chi connectivity index (χ0n) is 17.5. The van der Waals surface area contributed by atoms with Crippen molar-refractivity contribution >= 4 is 11.8 Å². The van der Waals surface area contributed by atoms with Gasteiger partial charge in [-0.25, -0.2) is 9.78 Å². The van der Waals surface area contributed by atoms with Crippen LogP contribution in [0.5, 0.6) is 5.88 Å². The summed E-state index contributed by atoms with van der Waals surface area (Å²) in [5, 5.41) is 3.02. The van der Waals surface area contributed by atoms with Crippen LogP contribution in [0.2, 0.25) is 0 Å². The topological polar surface area (TPSA) is 99.4 Å². The van der Waals surface area contributed by atoms with Gasteiger partial charge in [-0.1, -0.05) is 13.0 Å². The van der Waals surface area contributed by atoms with Gasteiger partial charge in [0.25, 0.3) is 0 Å². The third-order valence-corrected chi connectivity index (χ3v) is 5.08. The quantitative estimate of drug-likeness (QED) is 0.810. The Morgan fingerprint density at radius 1 is 1.21 bits per heavy atom. The van der Waals surface area contributed by atoms with Crippen molar-refractivity contribution in [2.45, 2.75) is 64.2 Å². The first-order valence-electron chi connectivity index (χ1n) is 9.99. The second kappa shape index (κ2) is 8.68. The molecule has 2 heterocycles. The molecule has 1 aliphatic rings. The highest BCUT2D eigenvalue weighted by atomic mass is 16.6. The molecule has 4 atom stereocenters. The number of carbonyl (C=O) groups excluding carboxylic acids is 1. The van der Waals surface area contributed by atoms with E-state index in [9.17, 15) is 4.79 Å². The highest BCUT2D eigenvalue weighted by molar-refractivity contribution is 5.68. The van der Waals surface area contributed by atoms with Crippen LogP contribution in [0.3, 0.4) is 0 Å². The first kappa shape index (κ1) is 20.9. The van der Waals surface area contributed by atoms with Gasteiger partial charge in [-0.2, -0.15) is 0 Å². The monoisotopic (exact) mass is 398 g/mol. The Morgan fingerprint density at radius 2 is 2.00 bits per heavy atom.